The number of ether oxygens (including phenoxy) is 1. The Hall–Kier alpha value is -0.740. The third kappa shape index (κ3) is 4.86. The molecule has 0 aromatic heterocycles. The Bertz CT molecular complexity index is 516. The van der Waals surface area contributed by atoms with E-state index in [-0.39, 0.29) is 10.3 Å². The maximum atomic E-state index is 11.2. The average Bonchev–Trinajstić information content (AvgIpc) is 2.13. The Kier molecular flexibility index (Phi) is 4.67. The minimum absolute atomic E-state index is 0.132. The molecule has 1 aromatic carbocycles. The van der Waals surface area contributed by atoms with E-state index in [4.69, 9.17) is 15.4 Å². The van der Waals surface area contributed by atoms with Crippen molar-refractivity contribution < 1.29 is 13.2 Å². The third-order valence-corrected chi connectivity index (χ3v) is 4.01. The van der Waals surface area contributed by atoms with Crippen LogP contribution >= 0.6 is 10.7 Å². The first-order valence-electron chi connectivity index (χ1n) is 5.78. The van der Waals surface area contributed by atoms with Crippen molar-refractivity contribution in [3.05, 3.63) is 23.8 Å². The Balaban J connectivity index is 2.74. The summed E-state index contributed by atoms with van der Waals surface area (Å²) in [6, 6.07) is 4.80. The molecule has 0 aliphatic carbocycles. The van der Waals surface area contributed by atoms with E-state index >= 15 is 0 Å². The van der Waals surface area contributed by atoms with Crippen LogP contribution in [-0.2, 0) is 9.05 Å². The van der Waals surface area contributed by atoms with Crippen LogP contribution in [0.15, 0.2) is 23.1 Å². The third-order valence-electron chi connectivity index (χ3n) is 2.53. The maximum Gasteiger partial charge on any atom is 0.261 e. The highest BCUT2D eigenvalue weighted by Crippen LogP contribution is 2.25. The number of benzene rings is 1. The zero-order valence-electron chi connectivity index (χ0n) is 11.2. The Morgan fingerprint density at radius 1 is 1.28 bits per heavy atom. The predicted octanol–water partition coefficient (Wildman–Crippen LogP) is 3.74. The van der Waals surface area contributed by atoms with Crippen molar-refractivity contribution in [2.75, 3.05) is 6.61 Å². The van der Waals surface area contributed by atoms with Crippen LogP contribution in [0.2, 0.25) is 0 Å². The minimum atomic E-state index is -3.68. The first-order valence-corrected chi connectivity index (χ1v) is 8.09. The van der Waals surface area contributed by atoms with Gasteiger partial charge in [0.1, 0.15) is 5.75 Å². The first-order chi connectivity index (χ1) is 8.09. The minimum Gasteiger partial charge on any atom is -0.494 e. The topological polar surface area (TPSA) is 43.4 Å². The fourth-order valence-electron chi connectivity index (χ4n) is 1.46. The molecule has 18 heavy (non-hydrogen) atoms. The van der Waals surface area contributed by atoms with Crippen LogP contribution in [0.5, 0.6) is 5.75 Å². The van der Waals surface area contributed by atoms with E-state index in [9.17, 15) is 8.42 Å². The normalized spacial score (nSPS) is 12.5. The molecule has 1 rings (SSSR count). The summed E-state index contributed by atoms with van der Waals surface area (Å²) in [4.78, 5) is 0.132. The summed E-state index contributed by atoms with van der Waals surface area (Å²) in [5, 5.41) is 0. The second-order valence-corrected chi connectivity index (χ2v) is 8.06. The van der Waals surface area contributed by atoms with Gasteiger partial charge in [0.05, 0.1) is 11.5 Å². The van der Waals surface area contributed by atoms with Crippen LogP contribution in [0.3, 0.4) is 0 Å². The van der Waals surface area contributed by atoms with E-state index in [0.29, 0.717) is 17.9 Å². The van der Waals surface area contributed by atoms with Gasteiger partial charge in [-0.3, -0.25) is 0 Å². The highest BCUT2D eigenvalue weighted by atomic mass is 35.7. The summed E-state index contributed by atoms with van der Waals surface area (Å²) in [5.74, 6) is 0.667. The molecule has 1 aromatic rings. The summed E-state index contributed by atoms with van der Waals surface area (Å²) in [5.41, 5.74) is 0.812. The van der Waals surface area contributed by atoms with E-state index in [1.54, 1.807) is 19.1 Å². The number of halogens is 1. The molecule has 0 atom stereocenters. The fourth-order valence-corrected chi connectivity index (χ4v) is 2.65. The number of rotatable bonds is 4. The van der Waals surface area contributed by atoms with Crippen LogP contribution in [-0.4, -0.2) is 15.0 Å². The largest absolute Gasteiger partial charge is 0.494 e. The summed E-state index contributed by atoms with van der Waals surface area (Å²) in [7, 11) is 1.63. The van der Waals surface area contributed by atoms with E-state index < -0.39 is 9.05 Å². The highest BCUT2D eigenvalue weighted by Gasteiger charge is 2.14. The van der Waals surface area contributed by atoms with E-state index in [1.807, 2.05) is 0 Å². The zero-order valence-corrected chi connectivity index (χ0v) is 12.7. The van der Waals surface area contributed by atoms with Gasteiger partial charge in [-0.2, -0.15) is 0 Å². The summed E-state index contributed by atoms with van der Waals surface area (Å²) < 4.78 is 28.1. The molecule has 0 fully saturated rings. The average molecular weight is 291 g/mol. The lowest BCUT2D eigenvalue weighted by molar-refractivity contribution is 0.243. The predicted molar refractivity (Wildman–Crippen MR) is 73.8 cm³/mol. The van der Waals surface area contributed by atoms with Gasteiger partial charge in [-0.15, -0.1) is 0 Å². The molecular formula is C13H19ClO3S. The van der Waals surface area contributed by atoms with Crippen molar-refractivity contribution in [1.82, 2.24) is 0 Å². The number of hydrogen-bond donors (Lipinski definition) is 0. The van der Waals surface area contributed by atoms with Gasteiger partial charge < -0.3 is 4.74 Å². The second kappa shape index (κ2) is 5.49. The summed E-state index contributed by atoms with van der Waals surface area (Å²) >= 11 is 0. The van der Waals surface area contributed by atoms with Crippen LogP contribution in [0.1, 0.15) is 32.8 Å². The standard InChI is InChI=1S/C13H19ClO3S/c1-10-9-11(17-8-7-13(2,3)4)5-6-12(10)18(14,15)16/h5-6,9H,7-8H2,1-4H3. The molecule has 0 spiro atoms. The van der Waals surface area contributed by atoms with Crippen molar-refractivity contribution in [2.45, 2.75) is 39.0 Å². The second-order valence-electron chi connectivity index (χ2n) is 5.52. The molecule has 0 heterocycles. The van der Waals surface area contributed by atoms with Crippen molar-refractivity contribution in [1.29, 1.82) is 0 Å². The molecule has 0 bridgehead atoms. The lowest BCUT2D eigenvalue weighted by Crippen LogP contribution is -2.11. The van der Waals surface area contributed by atoms with Crippen molar-refractivity contribution in [2.24, 2.45) is 5.41 Å². The van der Waals surface area contributed by atoms with Crippen LogP contribution in [0.25, 0.3) is 0 Å². The number of hydrogen-bond acceptors (Lipinski definition) is 3. The van der Waals surface area contributed by atoms with Crippen LogP contribution in [0.4, 0.5) is 0 Å². The summed E-state index contributed by atoms with van der Waals surface area (Å²) in [6.07, 6.45) is 0.932. The van der Waals surface area contributed by atoms with E-state index in [2.05, 4.69) is 20.8 Å². The molecule has 0 radical (unpaired) electrons. The van der Waals surface area contributed by atoms with Gasteiger partial charge in [0.25, 0.3) is 9.05 Å². The van der Waals surface area contributed by atoms with Gasteiger partial charge in [0.2, 0.25) is 0 Å². The number of aryl methyl sites for hydroxylation is 1. The van der Waals surface area contributed by atoms with Crippen LogP contribution in [0, 0.1) is 12.3 Å². The van der Waals surface area contributed by atoms with Crippen molar-refractivity contribution in [3.8, 4) is 5.75 Å². The molecule has 0 aliphatic rings. The zero-order chi connectivity index (χ0) is 14.0. The first kappa shape index (κ1) is 15.3. The van der Waals surface area contributed by atoms with Gasteiger partial charge in [0.15, 0.2) is 0 Å². The molecule has 102 valence electrons. The van der Waals surface area contributed by atoms with E-state index in [0.717, 1.165) is 6.42 Å². The van der Waals surface area contributed by atoms with E-state index in [1.165, 1.54) is 6.07 Å². The Morgan fingerprint density at radius 3 is 2.33 bits per heavy atom. The molecule has 0 saturated carbocycles. The lowest BCUT2D eigenvalue weighted by Gasteiger charge is -2.18. The van der Waals surface area contributed by atoms with Gasteiger partial charge in [0, 0.05) is 10.7 Å². The molecule has 0 unspecified atom stereocenters. The van der Waals surface area contributed by atoms with Gasteiger partial charge >= 0.3 is 0 Å². The van der Waals surface area contributed by atoms with Gasteiger partial charge in [-0.1, -0.05) is 20.8 Å². The fraction of sp³-hybridized carbons (Fsp3) is 0.538. The Labute approximate surface area is 114 Å². The SMILES string of the molecule is Cc1cc(OCCC(C)(C)C)ccc1S(=O)(=O)Cl. The maximum absolute atomic E-state index is 11.2. The van der Waals surface area contributed by atoms with Crippen molar-refractivity contribution in [3.63, 3.8) is 0 Å². The molecule has 0 N–H and O–H groups in total. The molecule has 5 heteroatoms. The molecular weight excluding hydrogens is 272 g/mol. The molecule has 0 aliphatic heterocycles. The molecule has 0 amide bonds. The molecule has 0 saturated heterocycles. The highest BCUT2D eigenvalue weighted by molar-refractivity contribution is 8.13. The monoisotopic (exact) mass is 290 g/mol. The molecule has 3 nitrogen and oxygen atoms in total. The quantitative estimate of drug-likeness (QED) is 0.794. The van der Waals surface area contributed by atoms with Crippen molar-refractivity contribution >= 4 is 19.7 Å². The lowest BCUT2D eigenvalue weighted by atomic mass is 9.93. The summed E-state index contributed by atoms with van der Waals surface area (Å²) in [6.45, 7) is 8.74. The van der Waals surface area contributed by atoms with Gasteiger partial charge in [-0.05, 0) is 42.5 Å². The smallest absolute Gasteiger partial charge is 0.261 e. The Morgan fingerprint density at radius 2 is 1.89 bits per heavy atom. The van der Waals surface area contributed by atoms with Crippen LogP contribution < -0.4 is 4.74 Å². The van der Waals surface area contributed by atoms with Gasteiger partial charge in [-0.25, -0.2) is 8.42 Å².